The predicted molar refractivity (Wildman–Crippen MR) is 83.1 cm³/mol. The Morgan fingerprint density at radius 1 is 1.11 bits per heavy atom. The third kappa shape index (κ3) is 3.72. The van der Waals surface area contributed by atoms with E-state index in [0.717, 1.165) is 30.5 Å². The van der Waals surface area contributed by atoms with E-state index < -0.39 is 0 Å². The molecule has 2 rings (SSSR count). The SMILES string of the molecule is CCCN(C1CC1)C1CC(C(C)(C)C)CCC1CN. The third-order valence-electron chi connectivity index (χ3n) is 5.41. The molecule has 2 aliphatic carbocycles. The van der Waals surface area contributed by atoms with Crippen LogP contribution in [0.2, 0.25) is 0 Å². The average molecular weight is 266 g/mol. The molecule has 2 N–H and O–H groups in total. The van der Waals surface area contributed by atoms with Crippen LogP contribution >= 0.6 is 0 Å². The van der Waals surface area contributed by atoms with Crippen LogP contribution in [0, 0.1) is 17.3 Å². The van der Waals surface area contributed by atoms with Crippen LogP contribution in [-0.4, -0.2) is 30.1 Å². The summed E-state index contributed by atoms with van der Waals surface area (Å²) < 4.78 is 0. The quantitative estimate of drug-likeness (QED) is 0.823. The molecule has 2 aliphatic rings. The molecule has 19 heavy (non-hydrogen) atoms. The Hall–Kier alpha value is -0.0800. The van der Waals surface area contributed by atoms with Gasteiger partial charge in [-0.15, -0.1) is 0 Å². The third-order valence-corrected chi connectivity index (χ3v) is 5.41. The zero-order valence-electron chi connectivity index (χ0n) is 13.5. The maximum Gasteiger partial charge on any atom is 0.0141 e. The Labute approximate surface area is 120 Å². The number of hydrogen-bond acceptors (Lipinski definition) is 2. The standard InChI is InChI=1S/C17H34N2/c1-5-10-19(15-8-9-15)16-11-14(17(2,3)4)7-6-13(16)12-18/h13-16H,5-12,18H2,1-4H3. The summed E-state index contributed by atoms with van der Waals surface area (Å²) in [5.41, 5.74) is 6.53. The zero-order chi connectivity index (χ0) is 14.0. The van der Waals surface area contributed by atoms with Crippen molar-refractivity contribution in [2.75, 3.05) is 13.1 Å². The highest BCUT2D eigenvalue weighted by atomic mass is 15.2. The van der Waals surface area contributed by atoms with Gasteiger partial charge in [0.15, 0.2) is 0 Å². The van der Waals surface area contributed by atoms with Gasteiger partial charge in [0.05, 0.1) is 0 Å². The van der Waals surface area contributed by atoms with Gasteiger partial charge in [-0.3, -0.25) is 4.90 Å². The van der Waals surface area contributed by atoms with Gasteiger partial charge in [-0.25, -0.2) is 0 Å². The lowest BCUT2D eigenvalue weighted by molar-refractivity contribution is 0.0402. The second-order valence-electron chi connectivity index (χ2n) is 7.91. The fourth-order valence-electron chi connectivity index (χ4n) is 3.96. The molecule has 2 saturated carbocycles. The van der Waals surface area contributed by atoms with Crippen molar-refractivity contribution in [2.45, 2.75) is 78.3 Å². The zero-order valence-corrected chi connectivity index (χ0v) is 13.5. The van der Waals surface area contributed by atoms with Crippen LogP contribution in [0.3, 0.4) is 0 Å². The van der Waals surface area contributed by atoms with Crippen molar-refractivity contribution >= 4 is 0 Å². The molecule has 2 nitrogen and oxygen atoms in total. The minimum Gasteiger partial charge on any atom is -0.330 e. The van der Waals surface area contributed by atoms with Crippen LogP contribution in [0.15, 0.2) is 0 Å². The van der Waals surface area contributed by atoms with E-state index >= 15 is 0 Å². The summed E-state index contributed by atoms with van der Waals surface area (Å²) in [5.74, 6) is 1.61. The summed E-state index contributed by atoms with van der Waals surface area (Å²) in [6, 6.07) is 1.65. The number of rotatable bonds is 5. The van der Waals surface area contributed by atoms with Crippen LogP contribution in [-0.2, 0) is 0 Å². The highest BCUT2D eigenvalue weighted by Gasteiger charge is 2.41. The smallest absolute Gasteiger partial charge is 0.0141 e. The molecule has 3 atom stereocenters. The summed E-state index contributed by atoms with van der Waals surface area (Å²) in [5, 5.41) is 0. The van der Waals surface area contributed by atoms with Crippen molar-refractivity contribution < 1.29 is 0 Å². The van der Waals surface area contributed by atoms with Gasteiger partial charge >= 0.3 is 0 Å². The van der Waals surface area contributed by atoms with E-state index in [4.69, 9.17) is 5.73 Å². The first kappa shape index (κ1) is 15.3. The second-order valence-corrected chi connectivity index (χ2v) is 7.91. The summed E-state index contributed by atoms with van der Waals surface area (Å²) in [6.07, 6.45) is 8.23. The Morgan fingerprint density at radius 3 is 2.26 bits per heavy atom. The molecule has 2 heteroatoms. The normalized spacial score (nSPS) is 32.8. The van der Waals surface area contributed by atoms with Crippen molar-refractivity contribution in [1.29, 1.82) is 0 Å². The summed E-state index contributed by atoms with van der Waals surface area (Å²) >= 11 is 0. The summed E-state index contributed by atoms with van der Waals surface area (Å²) in [7, 11) is 0. The highest BCUT2D eigenvalue weighted by molar-refractivity contribution is 4.96. The Morgan fingerprint density at radius 2 is 1.79 bits per heavy atom. The maximum absolute atomic E-state index is 6.08. The van der Waals surface area contributed by atoms with Gasteiger partial charge < -0.3 is 5.73 Å². The monoisotopic (exact) mass is 266 g/mol. The molecule has 0 saturated heterocycles. The highest BCUT2D eigenvalue weighted by Crippen LogP contribution is 2.43. The van der Waals surface area contributed by atoms with Crippen molar-refractivity contribution in [1.82, 2.24) is 4.90 Å². The van der Waals surface area contributed by atoms with Crippen molar-refractivity contribution in [2.24, 2.45) is 23.0 Å². The van der Waals surface area contributed by atoms with Crippen LogP contribution in [0.5, 0.6) is 0 Å². The van der Waals surface area contributed by atoms with E-state index in [9.17, 15) is 0 Å². The lowest BCUT2D eigenvalue weighted by Gasteiger charge is -2.46. The molecule has 0 aromatic rings. The lowest BCUT2D eigenvalue weighted by Crippen LogP contribution is -2.49. The fourth-order valence-corrected chi connectivity index (χ4v) is 3.96. The van der Waals surface area contributed by atoms with Gasteiger partial charge in [0, 0.05) is 12.1 Å². The molecule has 0 aromatic heterocycles. The molecule has 0 heterocycles. The van der Waals surface area contributed by atoms with Crippen molar-refractivity contribution in [3.63, 3.8) is 0 Å². The fraction of sp³-hybridized carbons (Fsp3) is 1.00. The van der Waals surface area contributed by atoms with E-state index in [-0.39, 0.29) is 0 Å². The van der Waals surface area contributed by atoms with Crippen molar-refractivity contribution in [3.8, 4) is 0 Å². The van der Waals surface area contributed by atoms with E-state index in [1.54, 1.807) is 0 Å². The van der Waals surface area contributed by atoms with Gasteiger partial charge in [0.2, 0.25) is 0 Å². The second kappa shape index (κ2) is 6.13. The molecular formula is C17H34N2. The number of nitrogens with zero attached hydrogens (tertiary/aromatic N) is 1. The molecule has 0 aliphatic heterocycles. The maximum atomic E-state index is 6.08. The van der Waals surface area contributed by atoms with Crippen LogP contribution in [0.1, 0.15) is 66.2 Å². The van der Waals surface area contributed by atoms with Crippen LogP contribution in [0.25, 0.3) is 0 Å². The minimum absolute atomic E-state index is 0.458. The van der Waals surface area contributed by atoms with E-state index in [1.165, 1.54) is 45.1 Å². The van der Waals surface area contributed by atoms with Gasteiger partial charge in [0.25, 0.3) is 0 Å². The predicted octanol–water partition coefficient (Wildman–Crippen LogP) is 3.65. The van der Waals surface area contributed by atoms with Gasteiger partial charge in [-0.2, -0.15) is 0 Å². The summed E-state index contributed by atoms with van der Waals surface area (Å²) in [6.45, 7) is 11.7. The number of hydrogen-bond donors (Lipinski definition) is 1. The Kier molecular flexibility index (Phi) is 4.94. The molecular weight excluding hydrogens is 232 g/mol. The summed E-state index contributed by atoms with van der Waals surface area (Å²) in [4.78, 5) is 2.83. The molecule has 0 aromatic carbocycles. The molecule has 3 unspecified atom stereocenters. The lowest BCUT2D eigenvalue weighted by atomic mass is 9.67. The van der Waals surface area contributed by atoms with Gasteiger partial charge in [0.1, 0.15) is 0 Å². The molecule has 0 bridgehead atoms. The molecule has 0 spiro atoms. The van der Waals surface area contributed by atoms with Crippen molar-refractivity contribution in [3.05, 3.63) is 0 Å². The Balaban J connectivity index is 2.07. The molecule has 2 fully saturated rings. The van der Waals surface area contributed by atoms with Gasteiger partial charge in [-0.05, 0) is 68.9 Å². The Bertz CT molecular complexity index is 277. The number of nitrogens with two attached hydrogens (primary N) is 1. The molecule has 0 amide bonds. The first-order chi connectivity index (χ1) is 8.97. The average Bonchev–Trinajstić information content (AvgIpc) is 3.18. The minimum atomic E-state index is 0.458. The largest absolute Gasteiger partial charge is 0.330 e. The van der Waals surface area contributed by atoms with Gasteiger partial charge in [-0.1, -0.05) is 27.7 Å². The molecule has 0 radical (unpaired) electrons. The first-order valence-corrected chi connectivity index (χ1v) is 8.43. The topological polar surface area (TPSA) is 29.3 Å². The van der Waals surface area contributed by atoms with Crippen LogP contribution < -0.4 is 5.73 Å². The van der Waals surface area contributed by atoms with E-state index in [2.05, 4.69) is 32.6 Å². The van der Waals surface area contributed by atoms with E-state index in [0.29, 0.717) is 5.41 Å². The molecule has 112 valence electrons. The first-order valence-electron chi connectivity index (χ1n) is 8.43. The van der Waals surface area contributed by atoms with Crippen LogP contribution in [0.4, 0.5) is 0 Å². The van der Waals surface area contributed by atoms with E-state index in [1.807, 2.05) is 0 Å².